The molecule has 0 atom stereocenters. The zero-order chi connectivity index (χ0) is 16.0. The maximum atomic E-state index is 13.0. The minimum atomic E-state index is 0.110. The molecule has 0 unspecified atom stereocenters. The van der Waals surface area contributed by atoms with Crippen molar-refractivity contribution in [3.05, 3.63) is 58.9 Å². The maximum Gasteiger partial charge on any atom is 0.259 e. The van der Waals surface area contributed by atoms with Crippen molar-refractivity contribution in [1.82, 2.24) is 9.47 Å². The summed E-state index contributed by atoms with van der Waals surface area (Å²) in [6.45, 7) is 1.55. The number of hydrogen-bond donors (Lipinski definition) is 0. The fourth-order valence-electron chi connectivity index (χ4n) is 3.11. The number of nitrogens with zero attached hydrogens (tertiary/aromatic N) is 2. The third-order valence-corrected chi connectivity index (χ3v) is 5.45. The molecular weight excluding hydrogens is 304 g/mol. The largest absolute Gasteiger partial charge is 0.308 e. The summed E-state index contributed by atoms with van der Waals surface area (Å²) in [5.74, 6) is 0. The van der Waals surface area contributed by atoms with Crippen molar-refractivity contribution in [2.75, 3.05) is 20.6 Å². The third-order valence-electron chi connectivity index (χ3n) is 4.26. The molecule has 23 heavy (non-hydrogen) atoms. The zero-order valence-electron chi connectivity index (χ0n) is 13.2. The molecule has 0 radical (unpaired) electrons. The summed E-state index contributed by atoms with van der Waals surface area (Å²) in [6, 6.07) is 16.3. The van der Waals surface area contributed by atoms with Crippen LogP contribution in [-0.4, -0.2) is 30.1 Å². The number of pyridine rings is 1. The molecule has 0 spiro atoms. The smallest absolute Gasteiger partial charge is 0.259 e. The van der Waals surface area contributed by atoms with Crippen LogP contribution in [0, 0.1) is 0 Å². The van der Waals surface area contributed by atoms with Crippen LogP contribution in [0.3, 0.4) is 0 Å². The third kappa shape index (κ3) is 2.26. The summed E-state index contributed by atoms with van der Waals surface area (Å²) in [7, 11) is 4.07. The van der Waals surface area contributed by atoms with Gasteiger partial charge in [0.05, 0.1) is 10.2 Å². The molecule has 0 fully saturated rings. The van der Waals surface area contributed by atoms with Crippen molar-refractivity contribution >= 4 is 42.4 Å². The van der Waals surface area contributed by atoms with Crippen LogP contribution in [0.5, 0.6) is 0 Å². The molecule has 4 heteroatoms. The molecule has 2 heterocycles. The van der Waals surface area contributed by atoms with Gasteiger partial charge in [-0.1, -0.05) is 36.4 Å². The lowest BCUT2D eigenvalue weighted by Crippen LogP contribution is -2.26. The molecule has 0 amide bonds. The van der Waals surface area contributed by atoms with Gasteiger partial charge in [-0.2, -0.15) is 0 Å². The second-order valence-electron chi connectivity index (χ2n) is 6.08. The fraction of sp³-hybridized carbons (Fsp3) is 0.211. The lowest BCUT2D eigenvalue weighted by atomic mass is 10.1. The molecule has 4 rings (SSSR count). The van der Waals surface area contributed by atoms with Gasteiger partial charge in [0.15, 0.2) is 0 Å². The van der Waals surface area contributed by atoms with Crippen molar-refractivity contribution in [3.63, 3.8) is 0 Å². The Morgan fingerprint density at radius 2 is 1.61 bits per heavy atom. The van der Waals surface area contributed by atoms with E-state index < -0.39 is 0 Å². The Morgan fingerprint density at radius 3 is 2.35 bits per heavy atom. The Bertz CT molecular complexity index is 1080. The first kappa shape index (κ1) is 14.4. The fourth-order valence-corrected chi connectivity index (χ4v) is 4.36. The van der Waals surface area contributed by atoms with Gasteiger partial charge in [0, 0.05) is 33.9 Å². The Labute approximate surface area is 138 Å². The first-order chi connectivity index (χ1) is 11.2. The predicted molar refractivity (Wildman–Crippen MR) is 99.7 cm³/mol. The molecule has 0 aliphatic carbocycles. The number of hydrogen-bond acceptors (Lipinski definition) is 3. The molecule has 0 aliphatic heterocycles. The minimum Gasteiger partial charge on any atom is -0.308 e. The van der Waals surface area contributed by atoms with Gasteiger partial charge in [0.1, 0.15) is 0 Å². The van der Waals surface area contributed by atoms with E-state index in [0.717, 1.165) is 22.8 Å². The monoisotopic (exact) mass is 322 g/mol. The summed E-state index contributed by atoms with van der Waals surface area (Å²) >= 11 is 1.77. The average Bonchev–Trinajstić information content (AvgIpc) is 2.94. The molecule has 4 aromatic rings. The topological polar surface area (TPSA) is 25.2 Å². The van der Waals surface area contributed by atoms with Gasteiger partial charge in [-0.15, -0.1) is 11.3 Å². The molecule has 0 bridgehead atoms. The van der Waals surface area contributed by atoms with E-state index in [2.05, 4.69) is 29.2 Å². The van der Waals surface area contributed by atoms with Crippen LogP contribution in [0.25, 0.3) is 31.1 Å². The Balaban J connectivity index is 2.18. The minimum absolute atomic E-state index is 0.110. The molecule has 2 aromatic heterocycles. The van der Waals surface area contributed by atoms with E-state index in [9.17, 15) is 4.79 Å². The predicted octanol–water partition coefficient (Wildman–Crippen LogP) is 3.93. The molecule has 3 nitrogen and oxygen atoms in total. The zero-order valence-corrected chi connectivity index (χ0v) is 14.1. The summed E-state index contributed by atoms with van der Waals surface area (Å²) in [5, 5.41) is 3.05. The van der Waals surface area contributed by atoms with Crippen molar-refractivity contribution in [3.8, 4) is 0 Å². The highest BCUT2D eigenvalue weighted by Gasteiger charge is 2.15. The van der Waals surface area contributed by atoms with Gasteiger partial charge in [-0.3, -0.25) is 4.79 Å². The Hall–Kier alpha value is -2.17. The Kier molecular flexibility index (Phi) is 3.43. The molecule has 2 aromatic carbocycles. The van der Waals surface area contributed by atoms with Crippen molar-refractivity contribution in [2.24, 2.45) is 0 Å². The number of likely N-dealkylation sites (N-methyl/N-ethyl adjacent to an activating group) is 1. The van der Waals surface area contributed by atoms with Gasteiger partial charge in [-0.05, 0) is 26.2 Å². The summed E-state index contributed by atoms with van der Waals surface area (Å²) in [6.07, 6.45) is 0. The van der Waals surface area contributed by atoms with Crippen molar-refractivity contribution in [2.45, 2.75) is 6.54 Å². The van der Waals surface area contributed by atoms with Gasteiger partial charge in [-0.25, -0.2) is 0 Å². The summed E-state index contributed by atoms with van der Waals surface area (Å²) < 4.78 is 4.40. The van der Waals surface area contributed by atoms with Gasteiger partial charge < -0.3 is 9.47 Å². The van der Waals surface area contributed by atoms with Crippen LogP contribution >= 0.6 is 11.3 Å². The van der Waals surface area contributed by atoms with E-state index in [0.29, 0.717) is 6.54 Å². The first-order valence-corrected chi connectivity index (χ1v) is 8.56. The van der Waals surface area contributed by atoms with Crippen LogP contribution in [0.4, 0.5) is 0 Å². The number of aromatic nitrogens is 1. The molecule has 116 valence electrons. The maximum absolute atomic E-state index is 13.0. The number of thiophene rings is 1. The average molecular weight is 322 g/mol. The van der Waals surface area contributed by atoms with E-state index in [1.807, 2.05) is 42.9 Å². The Morgan fingerprint density at radius 1 is 0.957 bits per heavy atom. The van der Waals surface area contributed by atoms with Crippen LogP contribution < -0.4 is 5.56 Å². The second-order valence-corrected chi connectivity index (χ2v) is 7.13. The highest BCUT2D eigenvalue weighted by molar-refractivity contribution is 7.26. The van der Waals surface area contributed by atoms with E-state index in [1.54, 1.807) is 11.3 Å². The van der Waals surface area contributed by atoms with Crippen molar-refractivity contribution < 1.29 is 0 Å². The standard InChI is InChI=1S/C19H18N2OS/c1-20(2)11-12-21-17-15-9-5-6-10-16(15)23-18(17)13-7-3-4-8-14(13)19(21)22/h3-10H,11-12H2,1-2H3. The molecule has 0 aliphatic rings. The molecule has 0 saturated heterocycles. The van der Waals surface area contributed by atoms with Gasteiger partial charge in [0.2, 0.25) is 0 Å². The molecule has 0 N–H and O–H groups in total. The van der Waals surface area contributed by atoms with Crippen LogP contribution in [-0.2, 0) is 6.54 Å². The molecule has 0 saturated carbocycles. The van der Waals surface area contributed by atoms with E-state index in [1.165, 1.54) is 14.8 Å². The number of rotatable bonds is 3. The van der Waals surface area contributed by atoms with Crippen LogP contribution in [0.15, 0.2) is 53.3 Å². The van der Waals surface area contributed by atoms with E-state index in [-0.39, 0.29) is 5.56 Å². The lowest BCUT2D eigenvalue weighted by molar-refractivity contribution is 0.385. The highest BCUT2D eigenvalue weighted by atomic mass is 32.1. The second kappa shape index (κ2) is 5.48. The van der Waals surface area contributed by atoms with Crippen molar-refractivity contribution in [1.29, 1.82) is 0 Å². The van der Waals surface area contributed by atoms with Crippen LogP contribution in [0.1, 0.15) is 0 Å². The first-order valence-electron chi connectivity index (χ1n) is 7.74. The van der Waals surface area contributed by atoms with E-state index >= 15 is 0 Å². The number of fused-ring (bicyclic) bond motifs is 5. The number of benzene rings is 2. The molecular formula is C19H18N2OS. The van der Waals surface area contributed by atoms with Gasteiger partial charge in [0.25, 0.3) is 5.56 Å². The van der Waals surface area contributed by atoms with E-state index in [4.69, 9.17) is 0 Å². The lowest BCUT2D eigenvalue weighted by Gasteiger charge is -2.14. The SMILES string of the molecule is CN(C)CCn1c(=O)c2ccccc2c2sc3ccccc3c21. The van der Waals surface area contributed by atoms with Gasteiger partial charge >= 0.3 is 0 Å². The quantitative estimate of drug-likeness (QED) is 0.571. The van der Waals surface area contributed by atoms with Crippen LogP contribution in [0.2, 0.25) is 0 Å². The summed E-state index contributed by atoms with van der Waals surface area (Å²) in [5.41, 5.74) is 1.19. The summed E-state index contributed by atoms with van der Waals surface area (Å²) in [4.78, 5) is 15.2. The normalized spacial score (nSPS) is 12.0. The highest BCUT2D eigenvalue weighted by Crippen LogP contribution is 2.36.